The molecule has 0 bridgehead atoms. The van der Waals surface area contributed by atoms with Gasteiger partial charge in [0.25, 0.3) is 0 Å². The van der Waals surface area contributed by atoms with Gasteiger partial charge < -0.3 is 9.42 Å². The lowest BCUT2D eigenvalue weighted by molar-refractivity contribution is -0.140. The van der Waals surface area contributed by atoms with E-state index in [-0.39, 0.29) is 11.8 Å². The quantitative estimate of drug-likeness (QED) is 0.738. The van der Waals surface area contributed by atoms with E-state index in [1.807, 2.05) is 30.9 Å². The van der Waals surface area contributed by atoms with E-state index in [4.69, 9.17) is 27.7 Å². The Labute approximate surface area is 157 Å². The lowest BCUT2D eigenvalue weighted by atomic mass is 9.91. The van der Waals surface area contributed by atoms with Crippen LogP contribution < -0.4 is 0 Å². The van der Waals surface area contributed by atoms with E-state index in [2.05, 4.69) is 10.1 Å². The monoisotopic (exact) mass is 381 g/mol. The highest BCUT2D eigenvalue weighted by molar-refractivity contribution is 6.30. The molecule has 0 radical (unpaired) electrons. The maximum atomic E-state index is 12.5. The van der Waals surface area contributed by atoms with Crippen molar-refractivity contribution in [2.45, 2.75) is 32.6 Å². The predicted molar refractivity (Wildman–Crippen MR) is 97.8 cm³/mol. The number of amides is 1. The summed E-state index contributed by atoms with van der Waals surface area (Å²) in [6, 6.07) is 7.34. The molecule has 1 aromatic carbocycles. The Morgan fingerprint density at radius 1 is 1.28 bits per heavy atom. The van der Waals surface area contributed by atoms with Gasteiger partial charge in [0.15, 0.2) is 0 Å². The van der Waals surface area contributed by atoms with Crippen LogP contribution in [-0.2, 0) is 4.79 Å². The number of aromatic nitrogens is 2. The first-order chi connectivity index (χ1) is 11.9. The fraction of sp³-hybridized carbons (Fsp3) is 0.500. The van der Waals surface area contributed by atoms with Crippen LogP contribution in [0.25, 0.3) is 11.4 Å². The average molecular weight is 382 g/mol. The van der Waals surface area contributed by atoms with Crippen LogP contribution in [0.2, 0.25) is 5.02 Å². The van der Waals surface area contributed by atoms with Gasteiger partial charge in [-0.05, 0) is 51.0 Å². The minimum absolute atomic E-state index is 0.105. The summed E-state index contributed by atoms with van der Waals surface area (Å²) in [6.45, 7) is 5.13. The van der Waals surface area contributed by atoms with Crippen molar-refractivity contribution in [2.75, 3.05) is 19.0 Å². The van der Waals surface area contributed by atoms with Gasteiger partial charge in [0.2, 0.25) is 17.6 Å². The third-order valence-corrected chi connectivity index (χ3v) is 5.51. The number of halogens is 2. The minimum Gasteiger partial charge on any atom is -0.342 e. The third kappa shape index (κ3) is 3.98. The standard InChI is InChI=1S/C18H21Cl2N3O2/c1-18(2,11-19)17(24)23-9-7-13(8-10-23)16-21-15(22-25-16)12-3-5-14(20)6-4-12/h3-6,13H,7-11H2,1-2H3. The van der Waals surface area contributed by atoms with Crippen LogP contribution in [0, 0.1) is 5.41 Å². The van der Waals surface area contributed by atoms with Crippen molar-refractivity contribution in [3.05, 3.63) is 35.2 Å². The van der Waals surface area contributed by atoms with E-state index in [0.29, 0.717) is 35.7 Å². The summed E-state index contributed by atoms with van der Waals surface area (Å²) < 4.78 is 5.45. The van der Waals surface area contributed by atoms with Crippen LogP contribution >= 0.6 is 23.2 Å². The molecular formula is C18H21Cl2N3O2. The van der Waals surface area contributed by atoms with Crippen LogP contribution in [-0.4, -0.2) is 39.9 Å². The summed E-state index contributed by atoms with van der Waals surface area (Å²) in [5, 5.41) is 4.74. The van der Waals surface area contributed by atoms with Crippen molar-refractivity contribution in [3.8, 4) is 11.4 Å². The Morgan fingerprint density at radius 3 is 2.52 bits per heavy atom. The first-order valence-electron chi connectivity index (χ1n) is 8.35. The molecule has 2 aromatic rings. The topological polar surface area (TPSA) is 59.2 Å². The number of hydrogen-bond donors (Lipinski definition) is 0. The number of hydrogen-bond acceptors (Lipinski definition) is 4. The van der Waals surface area contributed by atoms with Crippen molar-refractivity contribution in [1.82, 2.24) is 15.0 Å². The summed E-state index contributed by atoms with van der Waals surface area (Å²) in [5.41, 5.74) is 0.344. The zero-order chi connectivity index (χ0) is 18.0. The molecule has 5 nitrogen and oxygen atoms in total. The van der Waals surface area contributed by atoms with Crippen molar-refractivity contribution in [3.63, 3.8) is 0 Å². The van der Waals surface area contributed by atoms with Gasteiger partial charge in [-0.1, -0.05) is 16.8 Å². The van der Waals surface area contributed by atoms with Crippen LogP contribution in [0.1, 0.15) is 38.5 Å². The van der Waals surface area contributed by atoms with Crippen molar-refractivity contribution >= 4 is 29.1 Å². The van der Waals surface area contributed by atoms with Gasteiger partial charge in [0, 0.05) is 35.5 Å². The van der Waals surface area contributed by atoms with Crippen LogP contribution in [0.4, 0.5) is 0 Å². The molecule has 0 aliphatic carbocycles. The van der Waals surface area contributed by atoms with Crippen molar-refractivity contribution < 1.29 is 9.32 Å². The maximum absolute atomic E-state index is 12.5. The molecule has 1 fully saturated rings. The molecular weight excluding hydrogens is 361 g/mol. The molecule has 1 amide bonds. The smallest absolute Gasteiger partial charge is 0.230 e. The Bertz CT molecular complexity index is 735. The highest BCUT2D eigenvalue weighted by atomic mass is 35.5. The van der Waals surface area contributed by atoms with Gasteiger partial charge in [-0.3, -0.25) is 4.79 Å². The molecule has 3 rings (SSSR count). The molecule has 0 unspecified atom stereocenters. The largest absolute Gasteiger partial charge is 0.342 e. The first-order valence-corrected chi connectivity index (χ1v) is 9.27. The molecule has 1 aliphatic heterocycles. The second-order valence-electron chi connectivity index (χ2n) is 7.05. The lowest BCUT2D eigenvalue weighted by Gasteiger charge is -2.35. The molecule has 7 heteroatoms. The zero-order valence-corrected chi connectivity index (χ0v) is 15.8. The molecule has 2 heterocycles. The number of carbonyl (C=O) groups excluding carboxylic acids is 1. The van der Waals surface area contributed by atoms with Gasteiger partial charge in [-0.2, -0.15) is 4.98 Å². The highest BCUT2D eigenvalue weighted by Crippen LogP contribution is 2.31. The summed E-state index contributed by atoms with van der Waals surface area (Å²) in [6.07, 6.45) is 1.62. The Kier molecular flexibility index (Phi) is 5.35. The van der Waals surface area contributed by atoms with Gasteiger partial charge in [-0.25, -0.2) is 0 Å². The molecule has 0 saturated carbocycles. The summed E-state index contributed by atoms with van der Waals surface area (Å²) in [7, 11) is 0. The van der Waals surface area contributed by atoms with Crippen LogP contribution in [0.3, 0.4) is 0 Å². The van der Waals surface area contributed by atoms with E-state index in [9.17, 15) is 4.79 Å². The predicted octanol–water partition coefficient (Wildman–Crippen LogP) is 4.36. The molecule has 1 aromatic heterocycles. The van der Waals surface area contributed by atoms with Gasteiger partial charge >= 0.3 is 0 Å². The van der Waals surface area contributed by atoms with E-state index in [1.54, 1.807) is 12.1 Å². The lowest BCUT2D eigenvalue weighted by Crippen LogP contribution is -2.45. The Hall–Kier alpha value is -1.59. The number of piperidine rings is 1. The SMILES string of the molecule is CC(C)(CCl)C(=O)N1CCC(c2nc(-c3ccc(Cl)cc3)no2)CC1. The first kappa shape index (κ1) is 18.2. The second kappa shape index (κ2) is 7.34. The molecule has 0 N–H and O–H groups in total. The molecule has 25 heavy (non-hydrogen) atoms. The number of carbonyl (C=O) groups is 1. The number of rotatable bonds is 4. The zero-order valence-electron chi connectivity index (χ0n) is 14.3. The normalized spacial score (nSPS) is 16.2. The highest BCUT2D eigenvalue weighted by Gasteiger charge is 2.34. The second-order valence-corrected chi connectivity index (χ2v) is 7.75. The van der Waals surface area contributed by atoms with E-state index < -0.39 is 5.41 Å². The van der Waals surface area contributed by atoms with Gasteiger partial charge in [-0.15, -0.1) is 11.6 Å². The molecule has 134 valence electrons. The van der Waals surface area contributed by atoms with Gasteiger partial charge in [0.1, 0.15) is 0 Å². The van der Waals surface area contributed by atoms with Crippen molar-refractivity contribution in [1.29, 1.82) is 0 Å². The molecule has 1 saturated heterocycles. The van der Waals surface area contributed by atoms with Gasteiger partial charge in [0.05, 0.1) is 5.41 Å². The fourth-order valence-electron chi connectivity index (χ4n) is 2.93. The van der Waals surface area contributed by atoms with E-state index in [1.165, 1.54) is 0 Å². The number of likely N-dealkylation sites (tertiary alicyclic amines) is 1. The molecule has 1 aliphatic rings. The molecule has 0 atom stereocenters. The van der Waals surface area contributed by atoms with E-state index in [0.717, 1.165) is 18.4 Å². The van der Waals surface area contributed by atoms with Crippen molar-refractivity contribution in [2.24, 2.45) is 5.41 Å². The average Bonchev–Trinajstić information content (AvgIpc) is 3.12. The maximum Gasteiger partial charge on any atom is 0.230 e. The Morgan fingerprint density at radius 2 is 1.92 bits per heavy atom. The van der Waals surface area contributed by atoms with E-state index >= 15 is 0 Å². The summed E-state index contributed by atoms with van der Waals surface area (Å²) >= 11 is 11.8. The Balaban J connectivity index is 1.64. The van der Waals surface area contributed by atoms with Crippen LogP contribution in [0.5, 0.6) is 0 Å². The minimum atomic E-state index is -0.527. The molecule has 0 spiro atoms. The number of benzene rings is 1. The number of nitrogens with zero attached hydrogens (tertiary/aromatic N) is 3. The fourth-order valence-corrected chi connectivity index (χ4v) is 3.17. The van der Waals surface area contributed by atoms with Crippen LogP contribution in [0.15, 0.2) is 28.8 Å². The number of alkyl halides is 1. The summed E-state index contributed by atoms with van der Waals surface area (Å²) in [4.78, 5) is 18.9. The third-order valence-electron chi connectivity index (χ3n) is 4.59. The summed E-state index contributed by atoms with van der Waals surface area (Å²) in [5.74, 6) is 1.80.